The van der Waals surface area contributed by atoms with E-state index in [0.717, 1.165) is 37.1 Å². The Morgan fingerprint density at radius 3 is 2.54 bits per heavy atom. The molecule has 0 heterocycles. The third-order valence-corrected chi connectivity index (χ3v) is 5.26. The van der Waals surface area contributed by atoms with Crippen molar-refractivity contribution in [3.63, 3.8) is 0 Å². The second kappa shape index (κ2) is 8.94. The highest BCUT2D eigenvalue weighted by Gasteiger charge is 2.11. The predicted octanol–water partition coefficient (Wildman–Crippen LogP) is 7.36. The van der Waals surface area contributed by atoms with Crippen molar-refractivity contribution in [3.8, 4) is 5.75 Å². The van der Waals surface area contributed by atoms with E-state index >= 15 is 0 Å². The normalized spacial score (nSPS) is 10.6. The summed E-state index contributed by atoms with van der Waals surface area (Å²) in [4.78, 5) is 0. The minimum Gasteiger partial charge on any atom is -0.487 e. The number of hydrogen-bond acceptors (Lipinski definition) is 2. The Balaban J connectivity index is 1.80. The molecule has 0 spiro atoms. The van der Waals surface area contributed by atoms with Gasteiger partial charge in [-0.2, -0.15) is 0 Å². The van der Waals surface area contributed by atoms with Crippen LogP contribution < -0.4 is 10.1 Å². The molecule has 134 valence electrons. The number of anilines is 1. The molecule has 3 aromatic rings. The van der Waals surface area contributed by atoms with E-state index in [9.17, 15) is 0 Å². The Morgan fingerprint density at radius 1 is 1.00 bits per heavy atom. The monoisotopic (exact) mass is 493 g/mol. The quantitative estimate of drug-likeness (QED) is 0.386. The molecule has 0 aromatic heterocycles. The topological polar surface area (TPSA) is 21.3 Å². The van der Waals surface area contributed by atoms with Crippen LogP contribution in [0, 0.1) is 6.92 Å². The van der Waals surface area contributed by atoms with Gasteiger partial charge in [-0.15, -0.1) is 0 Å². The molecule has 3 aromatic carbocycles. The van der Waals surface area contributed by atoms with E-state index in [0.29, 0.717) is 18.2 Å². The highest BCUT2D eigenvalue weighted by molar-refractivity contribution is 9.11. The highest BCUT2D eigenvalue weighted by atomic mass is 79.9. The van der Waals surface area contributed by atoms with Crippen LogP contribution >= 0.6 is 43.5 Å². The molecule has 0 fully saturated rings. The summed E-state index contributed by atoms with van der Waals surface area (Å²) in [5, 5.41) is 4.17. The number of nitrogens with one attached hydrogen (secondary N) is 1. The first-order chi connectivity index (χ1) is 12.5. The molecule has 0 radical (unpaired) electrons. The van der Waals surface area contributed by atoms with Crippen molar-refractivity contribution in [2.24, 2.45) is 0 Å². The van der Waals surface area contributed by atoms with Gasteiger partial charge >= 0.3 is 0 Å². The van der Waals surface area contributed by atoms with Crippen LogP contribution in [0.15, 0.2) is 69.6 Å². The van der Waals surface area contributed by atoms with Crippen LogP contribution in [0.25, 0.3) is 0 Å². The summed E-state index contributed by atoms with van der Waals surface area (Å²) in [5.41, 5.74) is 4.35. The van der Waals surface area contributed by atoms with Crippen LogP contribution in [0.5, 0.6) is 5.75 Å². The fourth-order valence-corrected chi connectivity index (χ4v) is 4.21. The van der Waals surface area contributed by atoms with Gasteiger partial charge < -0.3 is 10.1 Å². The van der Waals surface area contributed by atoms with E-state index in [1.807, 2.05) is 42.5 Å². The van der Waals surface area contributed by atoms with Crippen LogP contribution in [0.4, 0.5) is 5.69 Å². The van der Waals surface area contributed by atoms with Crippen LogP contribution in [-0.2, 0) is 13.2 Å². The van der Waals surface area contributed by atoms with Gasteiger partial charge in [0.25, 0.3) is 0 Å². The number of ether oxygens (including phenoxy) is 1. The molecule has 5 heteroatoms. The summed E-state index contributed by atoms with van der Waals surface area (Å²) in [6, 6.07) is 20.0. The van der Waals surface area contributed by atoms with Gasteiger partial charge in [-0.1, -0.05) is 63.9 Å². The fraction of sp³-hybridized carbons (Fsp3) is 0.143. The lowest BCUT2D eigenvalue weighted by molar-refractivity contribution is 0.301. The van der Waals surface area contributed by atoms with Gasteiger partial charge in [0.1, 0.15) is 12.4 Å². The number of hydrogen-bond donors (Lipinski definition) is 1. The summed E-state index contributed by atoms with van der Waals surface area (Å²) in [6.07, 6.45) is 0. The zero-order valence-corrected chi connectivity index (χ0v) is 18.2. The van der Waals surface area contributed by atoms with Crippen molar-refractivity contribution in [2.75, 3.05) is 5.32 Å². The standard InChI is InChI=1S/C21H18Br2ClNO/c1-14-7-8-18(24)11-20(14)25-12-16-9-17(22)10-19(23)21(16)26-13-15-5-3-2-4-6-15/h2-11,25H,12-13H2,1H3. The van der Waals surface area contributed by atoms with Crippen molar-refractivity contribution >= 4 is 49.1 Å². The van der Waals surface area contributed by atoms with E-state index < -0.39 is 0 Å². The highest BCUT2D eigenvalue weighted by Crippen LogP contribution is 2.34. The van der Waals surface area contributed by atoms with E-state index in [1.165, 1.54) is 0 Å². The number of rotatable bonds is 6. The maximum absolute atomic E-state index is 6.12. The Hall–Kier alpha value is -1.49. The first-order valence-electron chi connectivity index (χ1n) is 8.17. The number of aryl methyl sites for hydroxylation is 1. The van der Waals surface area contributed by atoms with Gasteiger partial charge in [0.15, 0.2) is 0 Å². The summed E-state index contributed by atoms with van der Waals surface area (Å²) < 4.78 is 8.03. The average molecular weight is 496 g/mol. The first kappa shape index (κ1) is 19.3. The molecular formula is C21H18Br2ClNO. The van der Waals surface area contributed by atoms with Crippen molar-refractivity contribution in [3.05, 3.63) is 91.3 Å². The molecule has 0 atom stereocenters. The summed E-state index contributed by atoms with van der Waals surface area (Å²) in [5.74, 6) is 0.837. The molecule has 0 saturated heterocycles. The molecule has 3 rings (SSSR count). The van der Waals surface area contributed by atoms with E-state index in [-0.39, 0.29) is 0 Å². The van der Waals surface area contributed by atoms with E-state index in [1.54, 1.807) is 0 Å². The largest absolute Gasteiger partial charge is 0.487 e. The van der Waals surface area contributed by atoms with Gasteiger partial charge in [-0.3, -0.25) is 0 Å². The minimum absolute atomic E-state index is 0.518. The predicted molar refractivity (Wildman–Crippen MR) is 116 cm³/mol. The van der Waals surface area contributed by atoms with Crippen LogP contribution in [0.3, 0.4) is 0 Å². The Kier molecular flexibility index (Phi) is 6.63. The molecule has 0 bridgehead atoms. The zero-order chi connectivity index (χ0) is 18.5. The van der Waals surface area contributed by atoms with Crippen molar-refractivity contribution in [1.82, 2.24) is 0 Å². The van der Waals surface area contributed by atoms with E-state index in [2.05, 4.69) is 62.3 Å². The zero-order valence-electron chi connectivity index (χ0n) is 14.2. The second-order valence-corrected chi connectivity index (χ2v) is 8.17. The first-order valence-corrected chi connectivity index (χ1v) is 10.1. The molecule has 0 aliphatic rings. The minimum atomic E-state index is 0.518. The molecule has 1 N–H and O–H groups in total. The summed E-state index contributed by atoms with van der Waals surface area (Å²) >= 11 is 13.3. The molecular weight excluding hydrogens is 477 g/mol. The maximum atomic E-state index is 6.12. The Bertz CT molecular complexity index is 900. The Labute approximate surface area is 175 Å². The molecule has 0 amide bonds. The molecule has 26 heavy (non-hydrogen) atoms. The molecule has 2 nitrogen and oxygen atoms in total. The van der Waals surface area contributed by atoms with Crippen molar-refractivity contribution in [1.29, 1.82) is 0 Å². The van der Waals surface area contributed by atoms with Crippen molar-refractivity contribution < 1.29 is 4.74 Å². The summed E-state index contributed by atoms with van der Waals surface area (Å²) in [6.45, 7) is 3.20. The van der Waals surface area contributed by atoms with Crippen LogP contribution in [-0.4, -0.2) is 0 Å². The SMILES string of the molecule is Cc1ccc(Cl)cc1NCc1cc(Br)cc(Br)c1OCc1ccccc1. The van der Waals surface area contributed by atoms with Crippen LogP contribution in [0.2, 0.25) is 5.02 Å². The lowest BCUT2D eigenvalue weighted by atomic mass is 10.1. The van der Waals surface area contributed by atoms with Crippen molar-refractivity contribution in [2.45, 2.75) is 20.1 Å². The van der Waals surface area contributed by atoms with Gasteiger partial charge in [-0.05, 0) is 58.2 Å². The molecule has 0 saturated carbocycles. The van der Waals surface area contributed by atoms with Gasteiger partial charge in [-0.25, -0.2) is 0 Å². The van der Waals surface area contributed by atoms with Crippen LogP contribution in [0.1, 0.15) is 16.7 Å². The lowest BCUT2D eigenvalue weighted by Gasteiger charge is -2.16. The molecule has 0 unspecified atom stereocenters. The van der Waals surface area contributed by atoms with Gasteiger partial charge in [0, 0.05) is 27.3 Å². The van der Waals surface area contributed by atoms with Gasteiger partial charge in [0.2, 0.25) is 0 Å². The third kappa shape index (κ3) is 5.03. The molecule has 0 aliphatic carbocycles. The average Bonchev–Trinajstić information content (AvgIpc) is 2.62. The third-order valence-electron chi connectivity index (χ3n) is 3.98. The number of halogens is 3. The smallest absolute Gasteiger partial charge is 0.139 e. The second-order valence-electron chi connectivity index (χ2n) is 5.96. The lowest BCUT2D eigenvalue weighted by Crippen LogP contribution is -2.05. The van der Waals surface area contributed by atoms with E-state index in [4.69, 9.17) is 16.3 Å². The molecule has 0 aliphatic heterocycles. The number of benzene rings is 3. The maximum Gasteiger partial charge on any atom is 0.139 e. The van der Waals surface area contributed by atoms with Gasteiger partial charge in [0.05, 0.1) is 4.47 Å². The Morgan fingerprint density at radius 2 is 1.77 bits per heavy atom. The fourth-order valence-electron chi connectivity index (χ4n) is 2.61. The summed E-state index contributed by atoms with van der Waals surface area (Å²) in [7, 11) is 0.